The van der Waals surface area contributed by atoms with E-state index in [-0.39, 0.29) is 0 Å². The first-order valence-electron chi connectivity index (χ1n) is 9.34. The number of benzene rings is 1. The molecule has 0 amide bonds. The zero-order valence-corrected chi connectivity index (χ0v) is 14.7. The van der Waals surface area contributed by atoms with Gasteiger partial charge >= 0.3 is 0 Å². The zero-order chi connectivity index (χ0) is 15.6. The molecule has 3 rings (SSSR count). The second kappa shape index (κ2) is 6.74. The summed E-state index contributed by atoms with van der Waals surface area (Å²) >= 11 is 0. The van der Waals surface area contributed by atoms with Gasteiger partial charge in [0.05, 0.1) is 0 Å². The first-order valence-corrected chi connectivity index (χ1v) is 9.34. The van der Waals surface area contributed by atoms with Crippen LogP contribution in [0.3, 0.4) is 0 Å². The van der Waals surface area contributed by atoms with E-state index in [4.69, 9.17) is 0 Å². The number of nitrogens with one attached hydrogen (secondary N) is 1. The highest BCUT2D eigenvalue weighted by atomic mass is 14.9. The molecule has 1 heterocycles. The van der Waals surface area contributed by atoms with E-state index in [0.717, 1.165) is 11.8 Å². The van der Waals surface area contributed by atoms with Crippen molar-refractivity contribution in [3.05, 3.63) is 35.4 Å². The standard InChI is InChI=1S/C21H33N/c1-21(2,3)19-12-10-18(11-13-19)17-8-6-16(7-9-17)15-20-5-4-14-22-20/h6-9,18-20,22H,4-5,10-15H2,1-3H3. The predicted octanol–water partition coefficient (Wildman–Crippen LogP) is 5.30. The molecule has 22 heavy (non-hydrogen) atoms. The van der Waals surface area contributed by atoms with E-state index in [0.29, 0.717) is 11.5 Å². The van der Waals surface area contributed by atoms with Gasteiger partial charge in [-0.1, -0.05) is 45.0 Å². The second-order valence-corrected chi connectivity index (χ2v) is 8.65. The third-order valence-electron chi connectivity index (χ3n) is 6.05. The Kier molecular flexibility index (Phi) is 4.92. The quantitative estimate of drug-likeness (QED) is 0.798. The topological polar surface area (TPSA) is 12.0 Å². The molecule has 0 spiro atoms. The van der Waals surface area contributed by atoms with E-state index >= 15 is 0 Å². The Morgan fingerprint density at radius 2 is 1.64 bits per heavy atom. The molecule has 1 aromatic carbocycles. The molecule has 1 atom stereocenters. The summed E-state index contributed by atoms with van der Waals surface area (Å²) in [5.74, 6) is 1.72. The lowest BCUT2D eigenvalue weighted by atomic mass is 9.68. The van der Waals surface area contributed by atoms with Gasteiger partial charge in [0.1, 0.15) is 0 Å². The molecule has 0 aromatic heterocycles. The minimum Gasteiger partial charge on any atom is -0.314 e. The normalized spacial score (nSPS) is 29.7. The summed E-state index contributed by atoms with van der Waals surface area (Å²) in [4.78, 5) is 0. The predicted molar refractivity (Wildman–Crippen MR) is 95.3 cm³/mol. The Hall–Kier alpha value is -0.820. The smallest absolute Gasteiger partial charge is 0.0108 e. The summed E-state index contributed by atoms with van der Waals surface area (Å²) in [6, 6.07) is 10.3. The second-order valence-electron chi connectivity index (χ2n) is 8.65. The van der Waals surface area contributed by atoms with Gasteiger partial charge in [-0.2, -0.15) is 0 Å². The molecular formula is C21H33N. The Bertz CT molecular complexity index is 454. The van der Waals surface area contributed by atoms with Crippen molar-refractivity contribution in [3.63, 3.8) is 0 Å². The molecule has 0 radical (unpaired) electrons. The van der Waals surface area contributed by atoms with Crippen LogP contribution < -0.4 is 5.32 Å². The first kappa shape index (κ1) is 16.1. The van der Waals surface area contributed by atoms with Crippen molar-refractivity contribution < 1.29 is 0 Å². The van der Waals surface area contributed by atoms with E-state index < -0.39 is 0 Å². The average Bonchev–Trinajstić information content (AvgIpc) is 3.00. The van der Waals surface area contributed by atoms with Crippen molar-refractivity contribution in [3.8, 4) is 0 Å². The molecule has 1 N–H and O–H groups in total. The number of rotatable bonds is 3. The van der Waals surface area contributed by atoms with Gasteiger partial charge in [0.2, 0.25) is 0 Å². The van der Waals surface area contributed by atoms with Gasteiger partial charge in [0.25, 0.3) is 0 Å². The van der Waals surface area contributed by atoms with E-state index in [1.165, 1.54) is 57.1 Å². The van der Waals surface area contributed by atoms with E-state index in [2.05, 4.69) is 50.4 Å². The van der Waals surface area contributed by atoms with Crippen LogP contribution in [0.4, 0.5) is 0 Å². The average molecular weight is 300 g/mol. The fourth-order valence-electron chi connectivity index (χ4n) is 4.43. The van der Waals surface area contributed by atoms with Crippen LogP contribution in [-0.2, 0) is 6.42 Å². The molecule has 0 bridgehead atoms. The maximum atomic E-state index is 3.60. The Morgan fingerprint density at radius 1 is 0.955 bits per heavy atom. The van der Waals surface area contributed by atoms with E-state index in [9.17, 15) is 0 Å². The molecule has 2 aliphatic rings. The van der Waals surface area contributed by atoms with Crippen LogP contribution >= 0.6 is 0 Å². The third kappa shape index (κ3) is 3.93. The fourth-order valence-corrected chi connectivity index (χ4v) is 4.43. The lowest BCUT2D eigenvalue weighted by Crippen LogP contribution is -2.25. The van der Waals surface area contributed by atoms with Crippen LogP contribution in [0.15, 0.2) is 24.3 Å². The maximum absolute atomic E-state index is 3.60. The lowest BCUT2D eigenvalue weighted by molar-refractivity contribution is 0.169. The van der Waals surface area contributed by atoms with Crippen LogP contribution in [0.5, 0.6) is 0 Å². The molecule has 1 aliphatic heterocycles. The van der Waals surface area contributed by atoms with Gasteiger partial charge in [-0.25, -0.2) is 0 Å². The molecule has 2 fully saturated rings. The molecule has 1 aromatic rings. The van der Waals surface area contributed by atoms with Crippen LogP contribution in [0.25, 0.3) is 0 Å². The Balaban J connectivity index is 1.55. The molecule has 1 heteroatoms. The molecule has 1 unspecified atom stereocenters. The molecule has 1 saturated carbocycles. The van der Waals surface area contributed by atoms with Gasteiger partial charge < -0.3 is 5.32 Å². The summed E-state index contributed by atoms with van der Waals surface area (Å²) in [6.07, 6.45) is 9.47. The lowest BCUT2D eigenvalue weighted by Gasteiger charge is -2.37. The van der Waals surface area contributed by atoms with Crippen molar-refractivity contribution in [2.45, 2.75) is 77.7 Å². The molecule has 1 nitrogen and oxygen atoms in total. The summed E-state index contributed by atoms with van der Waals surface area (Å²) in [6.45, 7) is 8.43. The van der Waals surface area contributed by atoms with Crippen LogP contribution in [0.2, 0.25) is 0 Å². The molecular weight excluding hydrogens is 266 g/mol. The summed E-state index contributed by atoms with van der Waals surface area (Å²) in [5, 5.41) is 3.60. The fraction of sp³-hybridized carbons (Fsp3) is 0.714. The minimum atomic E-state index is 0.489. The van der Waals surface area contributed by atoms with Gasteiger partial charge in [0, 0.05) is 6.04 Å². The van der Waals surface area contributed by atoms with Gasteiger partial charge in [-0.3, -0.25) is 0 Å². The number of hydrogen-bond donors (Lipinski definition) is 1. The van der Waals surface area contributed by atoms with Crippen LogP contribution in [0, 0.1) is 11.3 Å². The zero-order valence-electron chi connectivity index (χ0n) is 14.7. The van der Waals surface area contributed by atoms with Crippen LogP contribution in [-0.4, -0.2) is 12.6 Å². The highest BCUT2D eigenvalue weighted by molar-refractivity contribution is 5.26. The largest absolute Gasteiger partial charge is 0.314 e. The summed E-state index contributed by atoms with van der Waals surface area (Å²) in [5.41, 5.74) is 3.57. The van der Waals surface area contributed by atoms with Gasteiger partial charge in [0.15, 0.2) is 0 Å². The monoisotopic (exact) mass is 299 g/mol. The Labute approximate surface area is 136 Å². The van der Waals surface area contributed by atoms with Crippen molar-refractivity contribution in [1.82, 2.24) is 5.32 Å². The highest BCUT2D eigenvalue weighted by Gasteiger charge is 2.30. The van der Waals surface area contributed by atoms with E-state index in [1.807, 2.05) is 0 Å². The van der Waals surface area contributed by atoms with Crippen molar-refractivity contribution in [2.75, 3.05) is 6.54 Å². The molecule has 1 aliphatic carbocycles. The Morgan fingerprint density at radius 3 is 2.18 bits per heavy atom. The third-order valence-corrected chi connectivity index (χ3v) is 6.05. The first-order chi connectivity index (χ1) is 10.5. The number of hydrogen-bond acceptors (Lipinski definition) is 1. The maximum Gasteiger partial charge on any atom is 0.0108 e. The molecule has 1 saturated heterocycles. The summed E-state index contributed by atoms with van der Waals surface area (Å²) in [7, 11) is 0. The molecule has 122 valence electrons. The van der Waals surface area contributed by atoms with Crippen molar-refractivity contribution in [1.29, 1.82) is 0 Å². The van der Waals surface area contributed by atoms with Crippen molar-refractivity contribution in [2.24, 2.45) is 11.3 Å². The summed E-state index contributed by atoms with van der Waals surface area (Å²) < 4.78 is 0. The SMILES string of the molecule is CC(C)(C)C1CCC(c2ccc(CC3CCCN3)cc2)CC1. The highest BCUT2D eigenvalue weighted by Crippen LogP contribution is 2.43. The van der Waals surface area contributed by atoms with Gasteiger partial charge in [-0.15, -0.1) is 0 Å². The van der Waals surface area contributed by atoms with Gasteiger partial charge in [-0.05, 0) is 79.9 Å². The van der Waals surface area contributed by atoms with Crippen LogP contribution in [0.1, 0.15) is 76.3 Å². The minimum absolute atomic E-state index is 0.489. The van der Waals surface area contributed by atoms with Crippen molar-refractivity contribution >= 4 is 0 Å². The van der Waals surface area contributed by atoms with E-state index in [1.54, 1.807) is 5.56 Å².